The van der Waals surface area contributed by atoms with Crippen LogP contribution >= 0.6 is 0 Å². The lowest BCUT2D eigenvalue weighted by atomic mass is 9.86. The van der Waals surface area contributed by atoms with Gasteiger partial charge >= 0.3 is 11.9 Å². The molecule has 1 rings (SSSR count). The standard InChI is InChI=1S/C14H19NO5/c1-13(2,3)20-12(19)14(15,8-11(17)18)9-6-4-5-7-10(9)16/h4-7,16H,8,15H2,1-3H3,(H,17,18)/t14-/m1/s1. The molecule has 0 aliphatic heterocycles. The molecule has 1 aromatic carbocycles. The van der Waals surface area contributed by atoms with Crippen LogP contribution in [0.25, 0.3) is 0 Å². The highest BCUT2D eigenvalue weighted by Gasteiger charge is 2.43. The monoisotopic (exact) mass is 281 g/mol. The van der Waals surface area contributed by atoms with Crippen molar-refractivity contribution in [2.75, 3.05) is 0 Å². The number of benzene rings is 1. The first-order valence-electron chi connectivity index (χ1n) is 6.09. The number of carbonyl (C=O) groups excluding carboxylic acids is 1. The Morgan fingerprint density at radius 3 is 2.25 bits per heavy atom. The molecular formula is C14H19NO5. The second-order valence-electron chi connectivity index (χ2n) is 5.56. The van der Waals surface area contributed by atoms with Gasteiger partial charge < -0.3 is 20.7 Å². The highest BCUT2D eigenvalue weighted by molar-refractivity contribution is 5.88. The normalized spacial score (nSPS) is 14.4. The van der Waals surface area contributed by atoms with Gasteiger partial charge in [-0.1, -0.05) is 18.2 Å². The number of esters is 1. The van der Waals surface area contributed by atoms with Crippen LogP contribution in [-0.4, -0.2) is 27.8 Å². The van der Waals surface area contributed by atoms with Crippen molar-refractivity contribution in [3.63, 3.8) is 0 Å². The maximum absolute atomic E-state index is 12.2. The first kappa shape index (κ1) is 16.0. The first-order chi connectivity index (χ1) is 9.06. The van der Waals surface area contributed by atoms with Gasteiger partial charge in [-0.05, 0) is 26.8 Å². The molecule has 0 heterocycles. The number of hydrogen-bond donors (Lipinski definition) is 3. The molecule has 0 bridgehead atoms. The van der Waals surface area contributed by atoms with Crippen LogP contribution in [0.2, 0.25) is 0 Å². The summed E-state index contributed by atoms with van der Waals surface area (Å²) in [7, 11) is 0. The van der Waals surface area contributed by atoms with Gasteiger partial charge in [0.15, 0.2) is 5.54 Å². The molecular weight excluding hydrogens is 262 g/mol. The number of ether oxygens (including phenoxy) is 1. The van der Waals surface area contributed by atoms with Crippen LogP contribution in [0.1, 0.15) is 32.8 Å². The lowest BCUT2D eigenvalue weighted by Crippen LogP contribution is -2.49. The predicted molar refractivity (Wildman–Crippen MR) is 72.1 cm³/mol. The summed E-state index contributed by atoms with van der Waals surface area (Å²) in [5, 5.41) is 18.8. The van der Waals surface area contributed by atoms with Crippen molar-refractivity contribution >= 4 is 11.9 Å². The summed E-state index contributed by atoms with van der Waals surface area (Å²) in [6.07, 6.45) is -0.681. The number of carbonyl (C=O) groups is 2. The smallest absolute Gasteiger partial charge is 0.332 e. The van der Waals surface area contributed by atoms with Crippen molar-refractivity contribution in [3.8, 4) is 5.75 Å². The largest absolute Gasteiger partial charge is 0.508 e. The number of phenols is 1. The lowest BCUT2D eigenvalue weighted by molar-refractivity contribution is -0.165. The van der Waals surface area contributed by atoms with Gasteiger partial charge in [-0.25, -0.2) is 4.79 Å². The van der Waals surface area contributed by atoms with Crippen molar-refractivity contribution in [3.05, 3.63) is 29.8 Å². The highest BCUT2D eigenvalue weighted by Crippen LogP contribution is 2.32. The SMILES string of the molecule is CC(C)(C)OC(=O)[C@@](N)(CC(=O)O)c1ccccc1O. The number of aliphatic carboxylic acids is 1. The van der Waals surface area contributed by atoms with Crippen LogP contribution in [0.3, 0.4) is 0 Å². The zero-order valence-electron chi connectivity index (χ0n) is 11.7. The first-order valence-corrected chi connectivity index (χ1v) is 6.09. The Morgan fingerprint density at radius 2 is 1.80 bits per heavy atom. The maximum Gasteiger partial charge on any atom is 0.332 e. The number of carboxylic acid groups (broad SMARTS) is 1. The fourth-order valence-electron chi connectivity index (χ4n) is 1.74. The van der Waals surface area contributed by atoms with E-state index in [9.17, 15) is 14.7 Å². The average Bonchev–Trinajstić information content (AvgIpc) is 2.25. The van der Waals surface area contributed by atoms with Crippen LogP contribution in [0.5, 0.6) is 5.75 Å². The number of phenolic OH excluding ortho intramolecular Hbond substituents is 1. The molecule has 6 heteroatoms. The van der Waals surface area contributed by atoms with E-state index in [1.165, 1.54) is 12.1 Å². The number of para-hydroxylation sites is 1. The molecule has 6 nitrogen and oxygen atoms in total. The molecule has 0 radical (unpaired) electrons. The number of rotatable bonds is 4. The van der Waals surface area contributed by atoms with Crippen molar-refractivity contribution in [1.29, 1.82) is 0 Å². The molecule has 110 valence electrons. The van der Waals surface area contributed by atoms with E-state index < -0.39 is 29.5 Å². The topological polar surface area (TPSA) is 110 Å². The van der Waals surface area contributed by atoms with Gasteiger partial charge in [0.1, 0.15) is 11.4 Å². The van der Waals surface area contributed by atoms with E-state index in [1.807, 2.05) is 0 Å². The van der Waals surface area contributed by atoms with Gasteiger partial charge in [0, 0.05) is 5.56 Å². The van der Waals surface area contributed by atoms with Gasteiger partial charge in [-0.15, -0.1) is 0 Å². The summed E-state index contributed by atoms with van der Waals surface area (Å²) in [6, 6.07) is 5.85. The molecule has 1 atom stereocenters. The third-order valence-electron chi connectivity index (χ3n) is 2.58. The van der Waals surface area contributed by atoms with E-state index in [0.29, 0.717) is 0 Å². The van der Waals surface area contributed by atoms with E-state index in [2.05, 4.69) is 0 Å². The second-order valence-corrected chi connectivity index (χ2v) is 5.56. The Labute approximate surface area is 117 Å². The Morgan fingerprint density at radius 1 is 1.25 bits per heavy atom. The Hall–Kier alpha value is -2.08. The third-order valence-corrected chi connectivity index (χ3v) is 2.58. The molecule has 0 saturated heterocycles. The summed E-state index contributed by atoms with van der Waals surface area (Å²) in [6.45, 7) is 4.95. The molecule has 0 aromatic heterocycles. The average molecular weight is 281 g/mol. The summed E-state index contributed by atoms with van der Waals surface area (Å²) >= 11 is 0. The zero-order valence-corrected chi connectivity index (χ0v) is 11.7. The van der Waals surface area contributed by atoms with E-state index in [1.54, 1.807) is 32.9 Å². The Kier molecular flexibility index (Phi) is 4.39. The van der Waals surface area contributed by atoms with Crippen LogP contribution in [0, 0.1) is 0 Å². The van der Waals surface area contributed by atoms with Gasteiger partial charge in [0.25, 0.3) is 0 Å². The molecule has 0 amide bonds. The minimum absolute atomic E-state index is 0.0247. The van der Waals surface area contributed by atoms with Crippen molar-refractivity contribution in [1.82, 2.24) is 0 Å². The number of carboxylic acids is 1. The number of hydrogen-bond acceptors (Lipinski definition) is 5. The highest BCUT2D eigenvalue weighted by atomic mass is 16.6. The van der Waals surface area contributed by atoms with E-state index in [0.717, 1.165) is 0 Å². The molecule has 1 aromatic rings. The van der Waals surface area contributed by atoms with Crippen LogP contribution in [-0.2, 0) is 19.9 Å². The summed E-state index contributed by atoms with van der Waals surface area (Å²) in [5.74, 6) is -2.40. The van der Waals surface area contributed by atoms with Crippen molar-refractivity contribution < 1.29 is 24.5 Å². The molecule has 0 fully saturated rings. The fourth-order valence-corrected chi connectivity index (χ4v) is 1.74. The Balaban J connectivity index is 3.26. The van der Waals surface area contributed by atoms with E-state index in [4.69, 9.17) is 15.6 Å². The second kappa shape index (κ2) is 5.50. The summed E-state index contributed by atoms with van der Waals surface area (Å²) < 4.78 is 5.17. The summed E-state index contributed by atoms with van der Waals surface area (Å²) in [4.78, 5) is 23.2. The molecule has 0 aliphatic rings. The molecule has 4 N–H and O–H groups in total. The van der Waals surface area contributed by atoms with Crippen LogP contribution in [0.15, 0.2) is 24.3 Å². The van der Waals surface area contributed by atoms with Crippen LogP contribution < -0.4 is 5.73 Å². The zero-order chi connectivity index (χ0) is 15.6. The van der Waals surface area contributed by atoms with Crippen LogP contribution in [0.4, 0.5) is 0 Å². The van der Waals surface area contributed by atoms with Gasteiger partial charge in [0.05, 0.1) is 6.42 Å². The number of aromatic hydroxyl groups is 1. The molecule has 0 spiro atoms. The molecule has 0 unspecified atom stereocenters. The quantitative estimate of drug-likeness (QED) is 0.719. The van der Waals surface area contributed by atoms with E-state index >= 15 is 0 Å². The molecule has 0 saturated carbocycles. The van der Waals surface area contributed by atoms with Gasteiger partial charge in [-0.2, -0.15) is 0 Å². The van der Waals surface area contributed by atoms with Crippen molar-refractivity contribution in [2.24, 2.45) is 5.73 Å². The lowest BCUT2D eigenvalue weighted by Gasteiger charge is -2.30. The third kappa shape index (κ3) is 3.71. The Bertz CT molecular complexity index is 521. The minimum Gasteiger partial charge on any atom is -0.508 e. The molecule has 0 aliphatic carbocycles. The van der Waals surface area contributed by atoms with Crippen molar-refractivity contribution in [2.45, 2.75) is 38.3 Å². The summed E-state index contributed by atoms with van der Waals surface area (Å²) in [5.41, 5.74) is 3.23. The molecule has 20 heavy (non-hydrogen) atoms. The predicted octanol–water partition coefficient (Wildman–Crippen LogP) is 1.36. The maximum atomic E-state index is 12.2. The van der Waals surface area contributed by atoms with Gasteiger partial charge in [0.2, 0.25) is 0 Å². The van der Waals surface area contributed by atoms with Gasteiger partial charge in [-0.3, -0.25) is 4.79 Å². The fraction of sp³-hybridized carbons (Fsp3) is 0.429. The van der Waals surface area contributed by atoms with E-state index in [-0.39, 0.29) is 11.3 Å². The minimum atomic E-state index is -1.94. The number of nitrogens with two attached hydrogens (primary N) is 1.